The largest absolute Gasteiger partial charge is 0.484 e. The lowest BCUT2D eigenvalue weighted by Crippen LogP contribution is -2.10. The second-order valence-corrected chi connectivity index (χ2v) is 3.70. The minimum Gasteiger partial charge on any atom is -0.484 e. The third-order valence-corrected chi connectivity index (χ3v) is 2.35. The van der Waals surface area contributed by atoms with E-state index >= 15 is 0 Å². The Morgan fingerprint density at radius 2 is 2.00 bits per heavy atom. The first-order chi connectivity index (χ1) is 8.66. The van der Waals surface area contributed by atoms with E-state index in [9.17, 15) is 10.1 Å². The first-order valence-corrected chi connectivity index (χ1v) is 5.67. The van der Waals surface area contributed by atoms with E-state index in [2.05, 4.69) is 0 Å². The zero-order chi connectivity index (χ0) is 13.4. The molecular weight excluding hydrogens is 262 g/mol. The molecule has 0 aliphatic rings. The summed E-state index contributed by atoms with van der Waals surface area (Å²) in [5.74, 6) is 0.142. The summed E-state index contributed by atoms with van der Waals surface area (Å²) in [4.78, 5) is 10.2. The van der Waals surface area contributed by atoms with Crippen molar-refractivity contribution >= 4 is 17.3 Å². The molecule has 0 aliphatic heterocycles. The van der Waals surface area contributed by atoms with Gasteiger partial charge in [0.05, 0.1) is 24.7 Å². The van der Waals surface area contributed by atoms with Crippen LogP contribution in [0, 0.1) is 10.1 Å². The second-order valence-electron chi connectivity index (χ2n) is 3.30. The Labute approximate surface area is 110 Å². The predicted octanol–water partition coefficient (Wildman–Crippen LogP) is 2.29. The molecule has 0 atom stereocenters. The summed E-state index contributed by atoms with van der Waals surface area (Å²) in [5.41, 5.74) is -0.226. The molecule has 7 heteroatoms. The van der Waals surface area contributed by atoms with Crippen LogP contribution >= 0.6 is 11.6 Å². The highest BCUT2D eigenvalue weighted by molar-refractivity contribution is 6.32. The topological polar surface area (TPSA) is 70.8 Å². The number of rotatable bonds is 8. The van der Waals surface area contributed by atoms with Gasteiger partial charge in [0.15, 0.2) is 5.75 Å². The molecular formula is C11H14ClNO5. The number of methoxy groups -OCH3 is 1. The van der Waals surface area contributed by atoms with Crippen LogP contribution in [0.4, 0.5) is 5.69 Å². The maximum Gasteiger partial charge on any atom is 0.329 e. The highest BCUT2D eigenvalue weighted by Crippen LogP contribution is 2.33. The van der Waals surface area contributed by atoms with Gasteiger partial charge < -0.3 is 14.2 Å². The molecule has 0 spiro atoms. The number of nitrogens with zero attached hydrogens (tertiary/aromatic N) is 1. The van der Waals surface area contributed by atoms with Gasteiger partial charge in [-0.1, -0.05) is 17.7 Å². The molecule has 0 unspecified atom stereocenters. The molecule has 0 bridgehead atoms. The molecule has 1 aromatic rings. The van der Waals surface area contributed by atoms with Gasteiger partial charge in [-0.2, -0.15) is 0 Å². The molecule has 0 radical (unpaired) electrons. The van der Waals surface area contributed by atoms with Crippen LogP contribution < -0.4 is 4.74 Å². The number of para-hydroxylation sites is 1. The van der Waals surface area contributed by atoms with E-state index in [1.165, 1.54) is 12.1 Å². The van der Waals surface area contributed by atoms with Crippen LogP contribution in [-0.4, -0.2) is 38.5 Å². The van der Waals surface area contributed by atoms with Crippen LogP contribution in [0.5, 0.6) is 5.75 Å². The van der Waals surface area contributed by atoms with Crippen LogP contribution in [0.2, 0.25) is 5.02 Å². The fourth-order valence-electron chi connectivity index (χ4n) is 1.24. The first kappa shape index (κ1) is 14.7. The highest BCUT2D eigenvalue weighted by atomic mass is 35.5. The van der Waals surface area contributed by atoms with Crippen molar-refractivity contribution in [2.45, 2.75) is 0 Å². The average Bonchev–Trinajstić information content (AvgIpc) is 2.33. The number of hydrogen-bond donors (Lipinski definition) is 0. The molecule has 0 saturated carbocycles. The summed E-state index contributed by atoms with van der Waals surface area (Å²) in [5, 5.41) is 10.9. The maximum absolute atomic E-state index is 10.8. The Hall–Kier alpha value is -1.37. The number of nitro groups is 1. The van der Waals surface area contributed by atoms with Crippen LogP contribution in [0.1, 0.15) is 0 Å². The third-order valence-electron chi connectivity index (χ3n) is 2.05. The Morgan fingerprint density at radius 3 is 2.67 bits per heavy atom. The van der Waals surface area contributed by atoms with Crippen LogP contribution in [-0.2, 0) is 9.47 Å². The highest BCUT2D eigenvalue weighted by Gasteiger charge is 2.19. The monoisotopic (exact) mass is 275 g/mol. The van der Waals surface area contributed by atoms with E-state index in [0.29, 0.717) is 19.8 Å². The van der Waals surface area contributed by atoms with Crippen LogP contribution in [0.15, 0.2) is 18.2 Å². The quantitative estimate of drug-likeness (QED) is 0.413. The summed E-state index contributed by atoms with van der Waals surface area (Å²) >= 11 is 5.74. The van der Waals surface area contributed by atoms with Gasteiger partial charge in [0.2, 0.25) is 0 Å². The molecule has 0 fully saturated rings. The van der Waals surface area contributed by atoms with Gasteiger partial charge in [-0.3, -0.25) is 10.1 Å². The molecule has 18 heavy (non-hydrogen) atoms. The van der Waals surface area contributed by atoms with E-state index in [-0.39, 0.29) is 23.1 Å². The molecule has 0 aliphatic carbocycles. The fourth-order valence-corrected chi connectivity index (χ4v) is 1.48. The van der Waals surface area contributed by atoms with E-state index in [1.54, 1.807) is 13.2 Å². The molecule has 0 saturated heterocycles. The zero-order valence-corrected chi connectivity index (χ0v) is 10.7. The Balaban J connectivity index is 2.47. The summed E-state index contributed by atoms with van der Waals surface area (Å²) in [6.07, 6.45) is 0. The number of ether oxygens (including phenoxy) is 3. The minimum atomic E-state index is -0.566. The SMILES string of the molecule is COCCOCCOc1cccc(Cl)c1[N+](=O)[O-]. The molecule has 0 aromatic heterocycles. The molecule has 0 amide bonds. The third kappa shape index (κ3) is 4.48. The standard InChI is InChI=1S/C11H14ClNO5/c1-16-5-6-17-7-8-18-10-4-2-3-9(12)11(10)13(14)15/h2-4H,5-8H2,1H3. The van der Waals surface area contributed by atoms with Gasteiger partial charge in [0.1, 0.15) is 11.6 Å². The molecule has 1 aromatic carbocycles. The van der Waals surface area contributed by atoms with Crippen molar-refractivity contribution in [3.8, 4) is 5.75 Å². The van der Waals surface area contributed by atoms with Gasteiger partial charge in [-0.15, -0.1) is 0 Å². The predicted molar refractivity (Wildman–Crippen MR) is 66.3 cm³/mol. The molecule has 100 valence electrons. The van der Waals surface area contributed by atoms with Crippen molar-refractivity contribution in [2.24, 2.45) is 0 Å². The minimum absolute atomic E-state index is 0.0535. The van der Waals surface area contributed by atoms with E-state index < -0.39 is 4.92 Å². The first-order valence-electron chi connectivity index (χ1n) is 5.29. The van der Waals surface area contributed by atoms with Crippen LogP contribution in [0.25, 0.3) is 0 Å². The van der Waals surface area contributed by atoms with Crippen molar-refractivity contribution in [3.63, 3.8) is 0 Å². The van der Waals surface area contributed by atoms with Gasteiger partial charge in [-0.05, 0) is 12.1 Å². The Morgan fingerprint density at radius 1 is 1.28 bits per heavy atom. The fraction of sp³-hybridized carbons (Fsp3) is 0.455. The molecule has 0 N–H and O–H groups in total. The average molecular weight is 276 g/mol. The summed E-state index contributed by atoms with van der Waals surface area (Å²) < 4.78 is 15.2. The smallest absolute Gasteiger partial charge is 0.329 e. The molecule has 6 nitrogen and oxygen atoms in total. The van der Waals surface area contributed by atoms with Gasteiger partial charge in [0, 0.05) is 7.11 Å². The van der Waals surface area contributed by atoms with Crippen molar-refractivity contribution in [1.82, 2.24) is 0 Å². The second kappa shape index (κ2) is 7.86. The maximum atomic E-state index is 10.8. The van der Waals surface area contributed by atoms with Gasteiger partial charge in [-0.25, -0.2) is 0 Å². The number of hydrogen-bond acceptors (Lipinski definition) is 5. The lowest BCUT2D eigenvalue weighted by molar-refractivity contribution is -0.385. The lowest BCUT2D eigenvalue weighted by Gasteiger charge is -2.07. The summed E-state index contributed by atoms with van der Waals surface area (Å²) in [6.45, 7) is 1.49. The van der Waals surface area contributed by atoms with Gasteiger partial charge in [0.25, 0.3) is 0 Å². The van der Waals surface area contributed by atoms with E-state index in [1.807, 2.05) is 0 Å². The lowest BCUT2D eigenvalue weighted by atomic mass is 10.3. The molecule has 1 rings (SSSR count). The van der Waals surface area contributed by atoms with E-state index in [0.717, 1.165) is 0 Å². The van der Waals surface area contributed by atoms with Crippen molar-refractivity contribution in [2.75, 3.05) is 33.5 Å². The summed E-state index contributed by atoms with van der Waals surface area (Å²) in [6, 6.07) is 4.54. The zero-order valence-electron chi connectivity index (χ0n) is 9.93. The number of halogens is 1. The van der Waals surface area contributed by atoms with Crippen LogP contribution in [0.3, 0.4) is 0 Å². The normalized spacial score (nSPS) is 10.3. The van der Waals surface area contributed by atoms with Crippen molar-refractivity contribution in [3.05, 3.63) is 33.3 Å². The van der Waals surface area contributed by atoms with Gasteiger partial charge >= 0.3 is 5.69 Å². The van der Waals surface area contributed by atoms with Crippen molar-refractivity contribution in [1.29, 1.82) is 0 Å². The summed E-state index contributed by atoms with van der Waals surface area (Å²) in [7, 11) is 1.58. The Kier molecular flexibility index (Phi) is 6.42. The number of benzene rings is 1. The Bertz CT molecular complexity index is 399. The number of nitro benzene ring substituents is 1. The molecule has 0 heterocycles. The van der Waals surface area contributed by atoms with E-state index in [4.69, 9.17) is 25.8 Å². The van der Waals surface area contributed by atoms with Crippen molar-refractivity contribution < 1.29 is 19.1 Å².